The normalized spacial score (nSPS) is 9.44. The number of nitrogens with one attached hydrogen (secondary N) is 2. The minimum absolute atomic E-state index is 0.193. The van der Waals surface area contributed by atoms with Crippen LogP contribution in [0.4, 0.5) is 4.79 Å². The summed E-state index contributed by atoms with van der Waals surface area (Å²) in [6.45, 7) is 4.37. The lowest BCUT2D eigenvalue weighted by Crippen LogP contribution is -2.31. The van der Waals surface area contributed by atoms with Crippen molar-refractivity contribution in [2.24, 2.45) is 0 Å². The number of rotatable bonds is 3. The Labute approximate surface area is 104 Å². The Morgan fingerprint density at radius 3 is 2.81 bits per heavy atom. The summed E-state index contributed by atoms with van der Waals surface area (Å²) in [7, 11) is 0. The highest BCUT2D eigenvalue weighted by Gasteiger charge is 1.98. The second-order valence-electron chi connectivity index (χ2n) is 3.68. The largest absolute Gasteiger partial charge is 0.334 e. The van der Waals surface area contributed by atoms with Gasteiger partial charge in [-0.25, -0.2) is 4.79 Å². The molecule has 0 heterocycles. The molecule has 0 radical (unpaired) electrons. The molecule has 1 rings (SSSR count). The molecule has 0 aliphatic heterocycles. The van der Waals surface area contributed by atoms with Gasteiger partial charge in [0.2, 0.25) is 0 Å². The summed E-state index contributed by atoms with van der Waals surface area (Å²) < 4.78 is 1.01. The van der Waals surface area contributed by atoms with Crippen LogP contribution in [0, 0.1) is 0 Å². The summed E-state index contributed by atoms with van der Waals surface area (Å²) in [5, 5.41) is 5.41. The average Bonchev–Trinajstić information content (AvgIpc) is 2.23. The van der Waals surface area contributed by atoms with Crippen molar-refractivity contribution in [3.05, 3.63) is 46.1 Å². The molecule has 0 aromatic heterocycles. The quantitative estimate of drug-likeness (QED) is 0.879. The Bertz CT molecular complexity index is 398. The first-order valence-electron chi connectivity index (χ1n) is 5.00. The van der Waals surface area contributed by atoms with Gasteiger partial charge in [0.1, 0.15) is 0 Å². The standard InChI is InChI=1S/C12H15BrN2O/c1-9(2)7-14-12(16)15-8-10-4-3-5-11(13)6-10/h3-7H,8H2,1-2H3,(H2,14,15,16). The Kier molecular flexibility index (Phi) is 5.05. The van der Waals surface area contributed by atoms with Crippen molar-refractivity contribution in [3.63, 3.8) is 0 Å². The summed E-state index contributed by atoms with van der Waals surface area (Å²) >= 11 is 3.38. The van der Waals surface area contributed by atoms with Gasteiger partial charge in [-0.15, -0.1) is 0 Å². The van der Waals surface area contributed by atoms with Gasteiger partial charge in [-0.05, 0) is 31.5 Å². The van der Waals surface area contributed by atoms with Gasteiger partial charge in [-0.1, -0.05) is 33.6 Å². The number of benzene rings is 1. The molecule has 0 bridgehead atoms. The molecular weight excluding hydrogens is 268 g/mol. The molecule has 0 saturated carbocycles. The zero-order valence-corrected chi connectivity index (χ0v) is 11.0. The van der Waals surface area contributed by atoms with Crippen molar-refractivity contribution >= 4 is 22.0 Å². The molecule has 0 spiro atoms. The molecule has 0 unspecified atom stereocenters. The number of hydrogen-bond donors (Lipinski definition) is 2. The molecule has 0 saturated heterocycles. The number of urea groups is 1. The number of allylic oxidation sites excluding steroid dienone is 1. The van der Waals surface area contributed by atoms with E-state index in [1.165, 1.54) is 0 Å². The lowest BCUT2D eigenvalue weighted by Gasteiger charge is -2.05. The molecule has 86 valence electrons. The second-order valence-corrected chi connectivity index (χ2v) is 4.59. The third-order valence-corrected chi connectivity index (χ3v) is 2.33. The molecule has 3 nitrogen and oxygen atoms in total. The topological polar surface area (TPSA) is 41.1 Å². The van der Waals surface area contributed by atoms with E-state index in [4.69, 9.17) is 0 Å². The third-order valence-electron chi connectivity index (χ3n) is 1.83. The summed E-state index contributed by atoms with van der Waals surface area (Å²) in [5.74, 6) is 0. The molecule has 0 aliphatic rings. The minimum atomic E-state index is -0.193. The predicted octanol–water partition coefficient (Wildman–Crippen LogP) is 3.17. The fraction of sp³-hybridized carbons (Fsp3) is 0.250. The number of carbonyl (C=O) groups is 1. The van der Waals surface area contributed by atoms with E-state index in [1.807, 2.05) is 38.1 Å². The van der Waals surface area contributed by atoms with E-state index < -0.39 is 0 Å². The third kappa shape index (κ3) is 4.98. The van der Waals surface area contributed by atoms with Crippen LogP contribution in [0.3, 0.4) is 0 Å². The van der Waals surface area contributed by atoms with Crippen LogP contribution in [-0.2, 0) is 6.54 Å². The van der Waals surface area contributed by atoms with Crippen molar-refractivity contribution in [2.75, 3.05) is 0 Å². The first-order chi connectivity index (χ1) is 7.58. The Balaban J connectivity index is 2.40. The summed E-state index contributed by atoms with van der Waals surface area (Å²) in [5.41, 5.74) is 2.11. The molecule has 1 aromatic rings. The first kappa shape index (κ1) is 12.8. The highest BCUT2D eigenvalue weighted by atomic mass is 79.9. The molecule has 2 N–H and O–H groups in total. The van der Waals surface area contributed by atoms with Gasteiger partial charge in [0.05, 0.1) is 0 Å². The molecule has 0 atom stereocenters. The molecule has 0 aliphatic carbocycles. The van der Waals surface area contributed by atoms with E-state index in [0.29, 0.717) is 6.54 Å². The van der Waals surface area contributed by atoms with Crippen LogP contribution in [0.2, 0.25) is 0 Å². The molecule has 1 aromatic carbocycles. The second kappa shape index (κ2) is 6.33. The molecule has 16 heavy (non-hydrogen) atoms. The van der Waals surface area contributed by atoms with Crippen LogP contribution in [0.15, 0.2) is 40.5 Å². The lowest BCUT2D eigenvalue weighted by atomic mass is 10.2. The van der Waals surface area contributed by atoms with Gasteiger partial charge in [0.15, 0.2) is 0 Å². The van der Waals surface area contributed by atoms with Crippen LogP contribution in [0.5, 0.6) is 0 Å². The van der Waals surface area contributed by atoms with Crippen molar-refractivity contribution in [3.8, 4) is 0 Å². The molecular formula is C12H15BrN2O. The van der Waals surface area contributed by atoms with Crippen LogP contribution in [-0.4, -0.2) is 6.03 Å². The maximum atomic E-state index is 11.3. The summed E-state index contributed by atoms with van der Waals surface area (Å²) in [6.07, 6.45) is 1.68. The highest BCUT2D eigenvalue weighted by molar-refractivity contribution is 9.10. The van der Waals surface area contributed by atoms with E-state index in [-0.39, 0.29) is 6.03 Å². The molecule has 2 amide bonds. The predicted molar refractivity (Wildman–Crippen MR) is 68.9 cm³/mol. The Morgan fingerprint density at radius 1 is 1.44 bits per heavy atom. The number of hydrogen-bond acceptors (Lipinski definition) is 1. The van der Waals surface area contributed by atoms with Crippen LogP contribution in [0.1, 0.15) is 19.4 Å². The number of carbonyl (C=O) groups excluding carboxylic acids is 1. The maximum Gasteiger partial charge on any atom is 0.319 e. The fourth-order valence-corrected chi connectivity index (χ4v) is 1.54. The highest BCUT2D eigenvalue weighted by Crippen LogP contribution is 2.11. The zero-order chi connectivity index (χ0) is 12.0. The maximum absolute atomic E-state index is 11.3. The summed E-state index contributed by atoms with van der Waals surface area (Å²) in [6, 6.07) is 7.64. The van der Waals surface area contributed by atoms with Crippen molar-refractivity contribution < 1.29 is 4.79 Å². The van der Waals surface area contributed by atoms with E-state index in [2.05, 4.69) is 26.6 Å². The minimum Gasteiger partial charge on any atom is -0.334 e. The van der Waals surface area contributed by atoms with Gasteiger partial charge >= 0.3 is 6.03 Å². The first-order valence-corrected chi connectivity index (χ1v) is 5.79. The van der Waals surface area contributed by atoms with Crippen molar-refractivity contribution in [2.45, 2.75) is 20.4 Å². The van der Waals surface area contributed by atoms with Crippen LogP contribution >= 0.6 is 15.9 Å². The van der Waals surface area contributed by atoms with Crippen molar-refractivity contribution in [1.82, 2.24) is 10.6 Å². The summed E-state index contributed by atoms with van der Waals surface area (Å²) in [4.78, 5) is 11.3. The lowest BCUT2D eigenvalue weighted by molar-refractivity contribution is 0.243. The van der Waals surface area contributed by atoms with E-state index >= 15 is 0 Å². The van der Waals surface area contributed by atoms with Crippen molar-refractivity contribution in [1.29, 1.82) is 0 Å². The van der Waals surface area contributed by atoms with Crippen LogP contribution in [0.25, 0.3) is 0 Å². The number of amides is 2. The number of halogens is 1. The van der Waals surface area contributed by atoms with Gasteiger partial charge in [0.25, 0.3) is 0 Å². The van der Waals surface area contributed by atoms with Gasteiger partial charge in [-0.3, -0.25) is 0 Å². The Morgan fingerprint density at radius 2 is 2.19 bits per heavy atom. The Hall–Kier alpha value is -1.29. The smallest absolute Gasteiger partial charge is 0.319 e. The monoisotopic (exact) mass is 282 g/mol. The van der Waals surface area contributed by atoms with Gasteiger partial charge in [0, 0.05) is 17.2 Å². The molecule has 4 heteroatoms. The van der Waals surface area contributed by atoms with E-state index in [1.54, 1.807) is 6.20 Å². The van der Waals surface area contributed by atoms with Crippen LogP contribution < -0.4 is 10.6 Å². The molecule has 0 fully saturated rings. The SMILES string of the molecule is CC(C)=CNC(=O)NCc1cccc(Br)c1. The van der Waals surface area contributed by atoms with E-state index in [0.717, 1.165) is 15.6 Å². The average molecular weight is 283 g/mol. The zero-order valence-electron chi connectivity index (χ0n) is 9.38. The van der Waals surface area contributed by atoms with Gasteiger partial charge < -0.3 is 10.6 Å². The van der Waals surface area contributed by atoms with Gasteiger partial charge in [-0.2, -0.15) is 0 Å². The fourth-order valence-electron chi connectivity index (χ4n) is 1.09. The van der Waals surface area contributed by atoms with E-state index in [9.17, 15) is 4.79 Å².